The topological polar surface area (TPSA) is 4.93 Å². The van der Waals surface area contributed by atoms with Crippen molar-refractivity contribution in [3.05, 3.63) is 41.1 Å². The van der Waals surface area contributed by atoms with Crippen LogP contribution in [0.15, 0.2) is 24.3 Å². The van der Waals surface area contributed by atoms with Gasteiger partial charge in [-0.15, -0.1) is 0 Å². The summed E-state index contributed by atoms with van der Waals surface area (Å²) < 4.78 is 2.31. The van der Waals surface area contributed by atoms with Gasteiger partial charge >= 0.3 is 0 Å². The molecule has 0 radical (unpaired) electrons. The summed E-state index contributed by atoms with van der Waals surface area (Å²) in [7, 11) is 2.16. The molecule has 0 spiro atoms. The van der Waals surface area contributed by atoms with E-state index in [4.69, 9.17) is 0 Å². The van der Waals surface area contributed by atoms with E-state index in [2.05, 4.69) is 48.9 Å². The molecule has 0 unspecified atom stereocenters. The van der Waals surface area contributed by atoms with Gasteiger partial charge in [0, 0.05) is 23.6 Å². The van der Waals surface area contributed by atoms with Crippen LogP contribution in [0, 0.1) is 6.92 Å². The van der Waals surface area contributed by atoms with E-state index < -0.39 is 0 Å². The van der Waals surface area contributed by atoms with Crippen molar-refractivity contribution in [1.82, 2.24) is 4.57 Å². The first kappa shape index (κ1) is 8.78. The standard InChI is InChI=1S/C14H15N/c1-10-7-8-14-12(9-10)11-5-3-4-6-13(11)15(14)2/h4,6-9H,3,5H2,1-2H3. The molecule has 3 rings (SSSR count). The third-order valence-corrected chi connectivity index (χ3v) is 3.35. The van der Waals surface area contributed by atoms with E-state index in [9.17, 15) is 0 Å². The maximum absolute atomic E-state index is 2.31. The summed E-state index contributed by atoms with van der Waals surface area (Å²) in [6, 6.07) is 6.74. The molecule has 0 N–H and O–H groups in total. The van der Waals surface area contributed by atoms with Crippen LogP contribution in [0.4, 0.5) is 0 Å². The highest BCUT2D eigenvalue weighted by Crippen LogP contribution is 2.30. The average molecular weight is 197 g/mol. The predicted octanol–water partition coefficient (Wildman–Crippen LogP) is 3.45. The van der Waals surface area contributed by atoms with Crippen LogP contribution in [-0.4, -0.2) is 4.57 Å². The minimum absolute atomic E-state index is 1.18. The fourth-order valence-corrected chi connectivity index (χ4v) is 2.55. The molecule has 1 nitrogen and oxygen atoms in total. The van der Waals surface area contributed by atoms with Crippen LogP contribution < -0.4 is 0 Å². The van der Waals surface area contributed by atoms with E-state index in [0.717, 1.165) is 0 Å². The first-order valence-corrected chi connectivity index (χ1v) is 5.52. The van der Waals surface area contributed by atoms with Crippen LogP contribution in [0.1, 0.15) is 23.2 Å². The highest BCUT2D eigenvalue weighted by Gasteiger charge is 2.14. The molecule has 0 aliphatic heterocycles. The Morgan fingerprint density at radius 2 is 2.13 bits per heavy atom. The van der Waals surface area contributed by atoms with Gasteiger partial charge in [0.25, 0.3) is 0 Å². The SMILES string of the molecule is Cc1ccc2c(c1)c1c(n2C)C=CCC1. The molecule has 1 aliphatic carbocycles. The number of aryl methyl sites for hydroxylation is 3. The van der Waals surface area contributed by atoms with Crippen LogP contribution in [0.5, 0.6) is 0 Å². The van der Waals surface area contributed by atoms with Gasteiger partial charge in [-0.3, -0.25) is 0 Å². The van der Waals surface area contributed by atoms with Crippen LogP contribution in [0.2, 0.25) is 0 Å². The van der Waals surface area contributed by atoms with Gasteiger partial charge in [0.05, 0.1) is 0 Å². The van der Waals surface area contributed by atoms with Crippen LogP contribution >= 0.6 is 0 Å². The number of benzene rings is 1. The Morgan fingerprint density at radius 1 is 1.27 bits per heavy atom. The van der Waals surface area contributed by atoms with Crippen LogP contribution in [0.3, 0.4) is 0 Å². The highest BCUT2D eigenvalue weighted by atomic mass is 14.9. The molecule has 1 aliphatic rings. The highest BCUT2D eigenvalue weighted by molar-refractivity contribution is 5.89. The molecule has 0 bridgehead atoms. The van der Waals surface area contributed by atoms with E-state index in [1.54, 1.807) is 0 Å². The number of nitrogens with zero attached hydrogens (tertiary/aromatic N) is 1. The molecule has 0 fully saturated rings. The van der Waals surface area contributed by atoms with Crippen molar-refractivity contribution in [2.45, 2.75) is 19.8 Å². The summed E-state index contributed by atoms with van der Waals surface area (Å²) in [4.78, 5) is 0. The maximum Gasteiger partial charge on any atom is 0.0485 e. The summed E-state index contributed by atoms with van der Waals surface area (Å²) in [5.74, 6) is 0. The lowest BCUT2D eigenvalue weighted by Gasteiger charge is -2.06. The molecule has 0 saturated heterocycles. The van der Waals surface area contributed by atoms with Gasteiger partial charge in [-0.2, -0.15) is 0 Å². The van der Waals surface area contributed by atoms with E-state index in [0.29, 0.717) is 0 Å². The second-order valence-electron chi connectivity index (χ2n) is 4.38. The monoisotopic (exact) mass is 197 g/mol. The summed E-state index contributed by atoms with van der Waals surface area (Å²) >= 11 is 0. The molecule has 0 saturated carbocycles. The largest absolute Gasteiger partial charge is 0.344 e. The second-order valence-corrected chi connectivity index (χ2v) is 4.38. The zero-order valence-electron chi connectivity index (χ0n) is 9.25. The molecule has 0 atom stereocenters. The molecule has 2 aromatic rings. The van der Waals surface area contributed by atoms with E-state index >= 15 is 0 Å². The quantitative estimate of drug-likeness (QED) is 0.609. The Bertz CT molecular complexity index is 558. The fraction of sp³-hybridized carbons (Fsp3) is 0.286. The average Bonchev–Trinajstić information content (AvgIpc) is 2.54. The lowest BCUT2D eigenvalue weighted by molar-refractivity contribution is 0.908. The molecule has 1 heteroatoms. The van der Waals surface area contributed by atoms with Crippen LogP contribution in [-0.2, 0) is 13.5 Å². The van der Waals surface area contributed by atoms with Crippen molar-refractivity contribution < 1.29 is 0 Å². The smallest absolute Gasteiger partial charge is 0.0485 e. The summed E-state index contributed by atoms with van der Waals surface area (Å²) in [6.45, 7) is 2.16. The first-order chi connectivity index (χ1) is 7.27. The van der Waals surface area contributed by atoms with Crippen molar-refractivity contribution in [3.63, 3.8) is 0 Å². The van der Waals surface area contributed by atoms with Crippen molar-refractivity contribution >= 4 is 17.0 Å². The zero-order valence-corrected chi connectivity index (χ0v) is 9.25. The van der Waals surface area contributed by atoms with Gasteiger partial charge in [0.2, 0.25) is 0 Å². The molecular formula is C14H15N. The third-order valence-electron chi connectivity index (χ3n) is 3.35. The Morgan fingerprint density at radius 3 is 3.00 bits per heavy atom. The molecule has 0 amide bonds. The number of aromatic nitrogens is 1. The predicted molar refractivity (Wildman–Crippen MR) is 65.0 cm³/mol. The summed E-state index contributed by atoms with van der Waals surface area (Å²) in [5, 5.41) is 1.44. The molecular weight excluding hydrogens is 182 g/mol. The third kappa shape index (κ3) is 1.16. The van der Waals surface area contributed by atoms with Gasteiger partial charge < -0.3 is 4.57 Å². The van der Waals surface area contributed by atoms with Gasteiger partial charge in [-0.05, 0) is 43.5 Å². The summed E-state index contributed by atoms with van der Waals surface area (Å²) in [5.41, 5.74) is 5.63. The summed E-state index contributed by atoms with van der Waals surface area (Å²) in [6.07, 6.45) is 6.90. The van der Waals surface area contributed by atoms with Crippen molar-refractivity contribution in [1.29, 1.82) is 0 Å². The van der Waals surface area contributed by atoms with Gasteiger partial charge in [-0.1, -0.05) is 17.7 Å². The second kappa shape index (κ2) is 2.99. The molecule has 1 aromatic heterocycles. The molecule has 1 aromatic carbocycles. The molecule has 76 valence electrons. The minimum atomic E-state index is 1.18. The normalized spacial score (nSPS) is 14.5. The Kier molecular flexibility index (Phi) is 1.75. The number of rotatable bonds is 0. The lowest BCUT2D eigenvalue weighted by atomic mass is 10.0. The van der Waals surface area contributed by atoms with Crippen molar-refractivity contribution in [2.24, 2.45) is 7.05 Å². The van der Waals surface area contributed by atoms with Gasteiger partial charge in [-0.25, -0.2) is 0 Å². The first-order valence-electron chi connectivity index (χ1n) is 5.52. The lowest BCUT2D eigenvalue weighted by Crippen LogP contribution is -1.96. The zero-order chi connectivity index (χ0) is 10.4. The van der Waals surface area contributed by atoms with Gasteiger partial charge in [0.1, 0.15) is 0 Å². The number of hydrogen-bond donors (Lipinski definition) is 0. The van der Waals surface area contributed by atoms with E-state index in [-0.39, 0.29) is 0 Å². The Labute approximate surface area is 90.0 Å². The number of allylic oxidation sites excluding steroid dienone is 1. The minimum Gasteiger partial charge on any atom is -0.344 e. The Hall–Kier alpha value is -1.50. The van der Waals surface area contributed by atoms with Crippen molar-refractivity contribution in [3.8, 4) is 0 Å². The van der Waals surface area contributed by atoms with Gasteiger partial charge in [0.15, 0.2) is 0 Å². The number of hydrogen-bond acceptors (Lipinski definition) is 0. The molecule has 15 heavy (non-hydrogen) atoms. The fourth-order valence-electron chi connectivity index (χ4n) is 2.55. The van der Waals surface area contributed by atoms with E-state index in [1.165, 1.54) is 40.6 Å². The number of fused-ring (bicyclic) bond motifs is 3. The van der Waals surface area contributed by atoms with E-state index in [1.807, 2.05) is 0 Å². The maximum atomic E-state index is 2.31. The van der Waals surface area contributed by atoms with Crippen molar-refractivity contribution in [2.75, 3.05) is 0 Å². The van der Waals surface area contributed by atoms with Crippen LogP contribution in [0.25, 0.3) is 17.0 Å². The molecule has 1 heterocycles. The Balaban J connectivity index is 2.45.